The second-order valence-electron chi connectivity index (χ2n) is 6.50. The average molecular weight is 488 g/mol. The molecule has 0 aliphatic heterocycles. The third-order valence-corrected chi connectivity index (χ3v) is 6.13. The molecule has 1 N–H and O–H groups in total. The van der Waals surface area contributed by atoms with Gasteiger partial charge in [0.1, 0.15) is 0 Å². The molecule has 0 spiro atoms. The minimum Gasteiger partial charge on any atom is -0.454 e. The van der Waals surface area contributed by atoms with Crippen LogP contribution in [-0.4, -0.2) is 26.8 Å². The van der Waals surface area contributed by atoms with E-state index in [2.05, 4.69) is 20.7 Å². The van der Waals surface area contributed by atoms with Crippen LogP contribution in [0.4, 0.5) is 5.69 Å². The van der Waals surface area contributed by atoms with Gasteiger partial charge >= 0.3 is 5.97 Å². The van der Waals surface area contributed by atoms with Crippen LogP contribution in [0.25, 0.3) is 0 Å². The Morgan fingerprint density at radius 2 is 1.43 bits per heavy atom. The first-order valence-corrected chi connectivity index (χ1v) is 11.2. The molecule has 3 rings (SSSR count). The molecule has 0 bridgehead atoms. The predicted molar refractivity (Wildman–Crippen MR) is 117 cm³/mol. The van der Waals surface area contributed by atoms with Gasteiger partial charge < -0.3 is 4.74 Å². The lowest BCUT2D eigenvalue weighted by Crippen LogP contribution is -2.15. The molecule has 30 heavy (non-hydrogen) atoms. The predicted octanol–water partition coefficient (Wildman–Crippen LogP) is 4.60. The number of carbonyl (C=O) groups excluding carboxylic acids is 2. The molecule has 0 heterocycles. The van der Waals surface area contributed by atoms with E-state index in [1.54, 1.807) is 36.4 Å². The van der Waals surface area contributed by atoms with E-state index in [0.717, 1.165) is 10.0 Å². The topological polar surface area (TPSA) is 89.5 Å². The van der Waals surface area contributed by atoms with Gasteiger partial charge in [-0.1, -0.05) is 45.8 Å². The summed E-state index contributed by atoms with van der Waals surface area (Å²) in [5, 5.41) is 0. The number of halogens is 1. The van der Waals surface area contributed by atoms with Crippen LogP contribution in [0.3, 0.4) is 0 Å². The van der Waals surface area contributed by atoms with Crippen molar-refractivity contribution in [3.05, 3.63) is 94.0 Å². The summed E-state index contributed by atoms with van der Waals surface area (Å²) in [5.74, 6) is -0.994. The molecule has 0 atom stereocenters. The van der Waals surface area contributed by atoms with E-state index in [1.807, 2.05) is 6.92 Å². The number of nitrogens with one attached hydrogen (secondary N) is 1. The van der Waals surface area contributed by atoms with Crippen molar-refractivity contribution < 1.29 is 22.7 Å². The summed E-state index contributed by atoms with van der Waals surface area (Å²) in [5.41, 5.74) is 1.90. The minimum atomic E-state index is -3.73. The third kappa shape index (κ3) is 5.55. The molecular formula is C22H18BrNO5S. The zero-order valence-electron chi connectivity index (χ0n) is 16.0. The summed E-state index contributed by atoms with van der Waals surface area (Å²) in [6.07, 6.45) is 0. The Morgan fingerprint density at radius 3 is 2.03 bits per heavy atom. The highest BCUT2D eigenvalue weighted by molar-refractivity contribution is 9.10. The van der Waals surface area contributed by atoms with Gasteiger partial charge in [-0.2, -0.15) is 0 Å². The maximum absolute atomic E-state index is 12.4. The number of sulfonamides is 1. The maximum Gasteiger partial charge on any atom is 0.338 e. The van der Waals surface area contributed by atoms with Gasteiger partial charge in [-0.05, 0) is 55.5 Å². The summed E-state index contributed by atoms with van der Waals surface area (Å²) >= 11 is 3.29. The Balaban J connectivity index is 1.60. The molecule has 0 fully saturated rings. The van der Waals surface area contributed by atoms with Crippen LogP contribution >= 0.6 is 15.9 Å². The third-order valence-electron chi connectivity index (χ3n) is 4.20. The second-order valence-corrected chi connectivity index (χ2v) is 9.10. The normalized spacial score (nSPS) is 11.0. The number of ether oxygens (including phenoxy) is 1. The Morgan fingerprint density at radius 1 is 0.867 bits per heavy atom. The maximum atomic E-state index is 12.4. The fraction of sp³-hybridized carbons (Fsp3) is 0.0909. The number of esters is 1. The number of ketones is 1. The van der Waals surface area contributed by atoms with E-state index in [0.29, 0.717) is 11.3 Å². The molecule has 0 aliphatic rings. The zero-order chi connectivity index (χ0) is 21.7. The van der Waals surface area contributed by atoms with Crippen molar-refractivity contribution >= 4 is 43.4 Å². The molecule has 0 aliphatic carbocycles. The van der Waals surface area contributed by atoms with Crippen molar-refractivity contribution in [2.45, 2.75) is 11.8 Å². The SMILES string of the molecule is Cc1ccc(S(=O)(=O)Nc2ccc(C(=O)OCC(=O)c3ccc(Br)cc3)cc2)cc1. The number of rotatable bonds is 7. The largest absolute Gasteiger partial charge is 0.454 e. The molecule has 0 saturated heterocycles. The monoisotopic (exact) mass is 487 g/mol. The van der Waals surface area contributed by atoms with Gasteiger partial charge in [-0.15, -0.1) is 0 Å². The van der Waals surface area contributed by atoms with Gasteiger partial charge in [0.15, 0.2) is 12.4 Å². The fourth-order valence-corrected chi connectivity index (χ4v) is 3.86. The van der Waals surface area contributed by atoms with Gasteiger partial charge in [0.25, 0.3) is 10.0 Å². The highest BCUT2D eigenvalue weighted by Crippen LogP contribution is 2.18. The molecule has 0 saturated carbocycles. The number of Topliss-reactive ketones (excluding diaryl/α,β-unsaturated/α-hetero) is 1. The molecule has 0 aromatic heterocycles. The second kappa shape index (κ2) is 9.23. The van der Waals surface area contributed by atoms with E-state index in [1.165, 1.54) is 36.4 Å². The van der Waals surface area contributed by atoms with Gasteiger partial charge in [0.2, 0.25) is 0 Å². The number of hydrogen-bond donors (Lipinski definition) is 1. The molecule has 0 amide bonds. The lowest BCUT2D eigenvalue weighted by atomic mass is 10.1. The molecule has 8 heteroatoms. The molecular weight excluding hydrogens is 470 g/mol. The quantitative estimate of drug-likeness (QED) is 0.388. The minimum absolute atomic E-state index is 0.142. The lowest BCUT2D eigenvalue weighted by molar-refractivity contribution is 0.0475. The summed E-state index contributed by atoms with van der Waals surface area (Å²) < 4.78 is 33.2. The number of benzene rings is 3. The Labute approximate surface area is 183 Å². The highest BCUT2D eigenvalue weighted by atomic mass is 79.9. The summed E-state index contributed by atoms with van der Waals surface area (Å²) in [4.78, 5) is 24.4. The van der Waals surface area contributed by atoms with Crippen LogP contribution in [0.5, 0.6) is 0 Å². The number of carbonyl (C=O) groups is 2. The zero-order valence-corrected chi connectivity index (χ0v) is 18.4. The van der Waals surface area contributed by atoms with Crippen LogP contribution in [0.15, 0.2) is 82.2 Å². The fourth-order valence-electron chi connectivity index (χ4n) is 2.54. The number of aryl methyl sites for hydroxylation is 1. The van der Waals surface area contributed by atoms with Gasteiger partial charge in [-0.25, -0.2) is 13.2 Å². The van der Waals surface area contributed by atoms with E-state index in [9.17, 15) is 18.0 Å². The first-order chi connectivity index (χ1) is 14.2. The lowest BCUT2D eigenvalue weighted by Gasteiger charge is -2.09. The van der Waals surface area contributed by atoms with E-state index < -0.39 is 16.0 Å². The molecule has 3 aromatic carbocycles. The smallest absolute Gasteiger partial charge is 0.338 e. The molecule has 154 valence electrons. The van der Waals surface area contributed by atoms with Gasteiger partial charge in [-0.3, -0.25) is 9.52 Å². The van der Waals surface area contributed by atoms with Gasteiger partial charge in [0.05, 0.1) is 10.5 Å². The van der Waals surface area contributed by atoms with Gasteiger partial charge in [0, 0.05) is 15.7 Å². The van der Waals surface area contributed by atoms with E-state index >= 15 is 0 Å². The molecule has 0 unspecified atom stereocenters. The van der Waals surface area contributed by atoms with E-state index in [4.69, 9.17) is 4.74 Å². The van der Waals surface area contributed by atoms with Crippen LogP contribution in [0.2, 0.25) is 0 Å². The van der Waals surface area contributed by atoms with Crippen LogP contribution in [0, 0.1) is 6.92 Å². The highest BCUT2D eigenvalue weighted by Gasteiger charge is 2.15. The summed E-state index contributed by atoms with van der Waals surface area (Å²) in [6.45, 7) is 1.48. The molecule has 6 nitrogen and oxygen atoms in total. The van der Waals surface area contributed by atoms with Crippen LogP contribution in [-0.2, 0) is 14.8 Å². The van der Waals surface area contributed by atoms with Crippen molar-refractivity contribution in [2.75, 3.05) is 11.3 Å². The molecule has 3 aromatic rings. The number of anilines is 1. The Bertz CT molecular complexity index is 1160. The number of hydrogen-bond acceptors (Lipinski definition) is 5. The summed E-state index contributed by atoms with van der Waals surface area (Å²) in [6, 6.07) is 19.0. The summed E-state index contributed by atoms with van der Waals surface area (Å²) in [7, 11) is -3.73. The average Bonchev–Trinajstić information content (AvgIpc) is 2.73. The van der Waals surface area contributed by atoms with Crippen molar-refractivity contribution in [3.63, 3.8) is 0 Å². The van der Waals surface area contributed by atoms with Crippen LogP contribution < -0.4 is 4.72 Å². The Hall–Kier alpha value is -2.97. The van der Waals surface area contributed by atoms with Crippen molar-refractivity contribution in [3.8, 4) is 0 Å². The van der Waals surface area contributed by atoms with Crippen LogP contribution in [0.1, 0.15) is 26.3 Å². The van der Waals surface area contributed by atoms with Crippen molar-refractivity contribution in [2.24, 2.45) is 0 Å². The first-order valence-electron chi connectivity index (χ1n) is 8.90. The van der Waals surface area contributed by atoms with Crippen molar-refractivity contribution in [1.29, 1.82) is 0 Å². The molecule has 0 radical (unpaired) electrons. The van der Waals surface area contributed by atoms with Crippen molar-refractivity contribution in [1.82, 2.24) is 0 Å². The van der Waals surface area contributed by atoms with E-state index in [-0.39, 0.29) is 22.8 Å². The Kier molecular flexibility index (Phi) is 6.69. The standard InChI is InChI=1S/C22H18BrNO5S/c1-15-2-12-20(13-3-15)30(27,28)24-19-10-6-17(7-11-19)22(26)29-14-21(25)16-4-8-18(23)9-5-16/h2-13,24H,14H2,1H3. The first kappa shape index (κ1) is 21.7.